The average molecular weight is 1080 g/mol. The van der Waals surface area contributed by atoms with Gasteiger partial charge in [0.2, 0.25) is 11.9 Å². The Bertz CT molecular complexity index is 4010. The van der Waals surface area contributed by atoms with Gasteiger partial charge in [0.25, 0.3) is 0 Å². The molecule has 0 aliphatic heterocycles. The maximum atomic E-state index is 13.7. The fourth-order valence-corrected chi connectivity index (χ4v) is 9.81. The third-order valence-corrected chi connectivity index (χ3v) is 13.7. The van der Waals surface area contributed by atoms with Crippen molar-refractivity contribution >= 4 is 82.1 Å². The predicted octanol–water partition coefficient (Wildman–Crippen LogP) is 13.8. The van der Waals surface area contributed by atoms with E-state index in [0.717, 1.165) is 126 Å². The fraction of sp³-hybridized carbons (Fsp3) is 0.250. The van der Waals surface area contributed by atoms with Crippen LogP contribution >= 0.6 is 15.9 Å². The largest absolute Gasteiger partial charge is 0.497 e. The first-order valence-corrected chi connectivity index (χ1v) is 24.6. The van der Waals surface area contributed by atoms with Crippen molar-refractivity contribution in [3.63, 3.8) is 0 Å². The molecule has 0 atom stereocenters. The van der Waals surface area contributed by atoms with Gasteiger partial charge in [-0.2, -0.15) is 0 Å². The van der Waals surface area contributed by atoms with Gasteiger partial charge in [-0.1, -0.05) is 14.9 Å². The van der Waals surface area contributed by atoms with Gasteiger partial charge in [0, 0.05) is 36.3 Å². The van der Waals surface area contributed by atoms with E-state index in [1.54, 1.807) is 76.7 Å². The molecule has 6 aromatic heterocycles. The van der Waals surface area contributed by atoms with Crippen molar-refractivity contribution in [3.8, 4) is 29.1 Å². The molecule has 19 heteroatoms. The molecule has 3 fully saturated rings. The van der Waals surface area contributed by atoms with E-state index in [9.17, 15) is 13.2 Å². The van der Waals surface area contributed by atoms with Crippen LogP contribution in [0.3, 0.4) is 0 Å². The summed E-state index contributed by atoms with van der Waals surface area (Å²) in [4.78, 5) is 29.8. The van der Waals surface area contributed by atoms with Gasteiger partial charge in [0.05, 0.1) is 93.9 Å². The van der Waals surface area contributed by atoms with E-state index < -0.39 is 0 Å². The molecule has 1 N–H and O–H groups in total. The van der Waals surface area contributed by atoms with E-state index in [1.807, 2.05) is 63.7 Å². The molecule has 0 saturated heterocycles. The van der Waals surface area contributed by atoms with Gasteiger partial charge < -0.3 is 32.9 Å². The third-order valence-electron chi connectivity index (χ3n) is 13.2. The van der Waals surface area contributed by atoms with Crippen LogP contribution in [0.2, 0.25) is 0 Å². The molecule has 0 amide bonds. The highest BCUT2D eigenvalue weighted by Gasteiger charge is 2.31. The van der Waals surface area contributed by atoms with E-state index in [-0.39, 0.29) is 32.3 Å². The van der Waals surface area contributed by atoms with Crippen LogP contribution in [0.4, 0.5) is 13.2 Å². The molecular formula is C56H54BrF3N12O3. The Hall–Kier alpha value is -8.19. The highest BCUT2D eigenvalue weighted by atomic mass is 79.9. The number of halogens is 4. The summed E-state index contributed by atoms with van der Waals surface area (Å²) in [7, 11) is 4.93. The summed E-state index contributed by atoms with van der Waals surface area (Å²) in [6, 6.07) is 32.7. The number of nitrogens with zero attached hydrogens (tertiary/aromatic N) is 11. The summed E-state index contributed by atoms with van der Waals surface area (Å²) >= 11 is 3.40. The van der Waals surface area contributed by atoms with E-state index in [4.69, 9.17) is 24.2 Å². The minimum Gasteiger partial charge on any atom is -0.497 e. The van der Waals surface area contributed by atoms with Gasteiger partial charge in [-0.3, -0.25) is 9.13 Å². The Balaban J connectivity index is 0.000000118. The maximum absolute atomic E-state index is 13.7. The molecule has 0 unspecified atom stereocenters. The molecule has 0 radical (unpaired) electrons. The first kappa shape index (κ1) is 50.3. The second-order valence-electron chi connectivity index (χ2n) is 18.1. The Morgan fingerprint density at radius 1 is 0.453 bits per heavy atom. The Labute approximate surface area is 437 Å². The smallest absolute Gasteiger partial charge is 0.216 e. The lowest BCUT2D eigenvalue weighted by Crippen LogP contribution is -2.04. The van der Waals surface area contributed by atoms with Crippen LogP contribution in [0.15, 0.2) is 133 Å². The number of nitrogens with one attached hydrogen (secondary N) is 1. The normalized spacial score (nSPS) is 13.9. The molecule has 3 aliphatic rings. The standard InChI is InChI=1S/2C18H15FN4O.C10H8BrFN2.C8H8N2O.2CH4/c1-24-13-5-7-14-16(9-13)22(10-20-14)18-21-15-6-2-11(19)8-17(15)23(18)12-3-4-12;1-24-13-5-7-16-15(9-13)20-10-22(16)18-21-14-6-2-11(19)8-17(14)23(18)12-3-4-12;11-10-13-8-4-1-6(12)5-9(8)14(10)7-2-3-7;1-11-6-2-3-7-8(4-6)10-5-9-7;;/h2*2,5-10,12H,3-4H2,1H3;1,4-5,7H,2-3H2;2-5H,1H3,(H,9,10);2*1H4. The Morgan fingerprint density at radius 3 is 1.44 bits per heavy atom. The lowest BCUT2D eigenvalue weighted by Gasteiger charge is -2.09. The van der Waals surface area contributed by atoms with E-state index in [2.05, 4.69) is 54.6 Å². The third kappa shape index (κ3) is 9.87. The van der Waals surface area contributed by atoms with Crippen molar-refractivity contribution in [2.24, 2.45) is 0 Å². The number of imidazole rings is 6. The number of methoxy groups -OCH3 is 3. The van der Waals surface area contributed by atoms with Crippen molar-refractivity contribution in [3.05, 3.63) is 150 Å². The zero-order valence-corrected chi connectivity index (χ0v) is 41.3. The average Bonchev–Trinajstić information content (AvgIpc) is 4.37. The summed E-state index contributed by atoms with van der Waals surface area (Å²) in [6.45, 7) is 0. The molecule has 6 aromatic carbocycles. The SMILES string of the molecule is C.C.COc1ccc2c(c1)ncn2-c1nc2ccc(F)cc2n1C1CC1.COc1ccc2nc[nH]c2c1.COc1ccc2ncn(-c3nc4ccc(F)cc4n3C3CC3)c2c1.Fc1ccc2nc(Br)n(C3CC3)c2c1. The van der Waals surface area contributed by atoms with Crippen LogP contribution in [-0.2, 0) is 0 Å². The van der Waals surface area contributed by atoms with Crippen LogP contribution in [0.5, 0.6) is 17.2 Å². The minimum atomic E-state index is -0.243. The lowest BCUT2D eigenvalue weighted by molar-refractivity contribution is 0.415. The fourth-order valence-electron chi connectivity index (χ4n) is 9.14. The quantitative estimate of drug-likeness (QED) is 0.157. The van der Waals surface area contributed by atoms with Crippen molar-refractivity contribution < 1.29 is 27.4 Å². The number of fused-ring (bicyclic) bond motifs is 6. The van der Waals surface area contributed by atoms with Gasteiger partial charge >= 0.3 is 0 Å². The monoisotopic (exact) mass is 1080 g/mol. The number of aromatic amines is 1. The number of aromatic nitrogens is 12. The zero-order valence-electron chi connectivity index (χ0n) is 39.8. The topological polar surface area (TPSA) is 145 Å². The van der Waals surface area contributed by atoms with Crippen molar-refractivity contribution in [1.82, 2.24) is 57.7 Å². The van der Waals surface area contributed by atoms with E-state index >= 15 is 0 Å². The molecule has 15 rings (SSSR count). The minimum absolute atomic E-state index is 0. The van der Waals surface area contributed by atoms with E-state index in [0.29, 0.717) is 18.1 Å². The van der Waals surface area contributed by atoms with Crippen molar-refractivity contribution in [1.29, 1.82) is 0 Å². The molecular weight excluding hydrogens is 1030 g/mol. The van der Waals surface area contributed by atoms with Crippen LogP contribution < -0.4 is 14.2 Å². The summed E-state index contributed by atoms with van der Waals surface area (Å²) < 4.78 is 67.2. The number of H-pyrrole nitrogens is 1. The van der Waals surface area contributed by atoms with Crippen LogP contribution in [0.1, 0.15) is 71.5 Å². The van der Waals surface area contributed by atoms with Gasteiger partial charge in [-0.05, 0) is 145 Å². The summed E-state index contributed by atoms with van der Waals surface area (Å²) in [5.41, 5.74) is 10.6. The zero-order chi connectivity index (χ0) is 49.9. The molecule has 0 spiro atoms. The molecule has 3 saturated carbocycles. The van der Waals surface area contributed by atoms with Crippen LogP contribution in [0.25, 0.3) is 78.1 Å². The number of ether oxygens (including phenoxy) is 3. The molecule has 3 aliphatic carbocycles. The second kappa shape index (κ2) is 20.6. The van der Waals surface area contributed by atoms with Crippen molar-refractivity contribution in [2.45, 2.75) is 71.5 Å². The molecule has 15 nitrogen and oxygen atoms in total. The second-order valence-corrected chi connectivity index (χ2v) is 18.8. The van der Waals surface area contributed by atoms with Crippen LogP contribution in [-0.4, -0.2) is 79.1 Å². The van der Waals surface area contributed by atoms with Gasteiger partial charge in [-0.15, -0.1) is 0 Å². The summed E-state index contributed by atoms with van der Waals surface area (Å²) in [5.74, 6) is 3.26. The lowest BCUT2D eigenvalue weighted by atomic mass is 10.3. The van der Waals surface area contributed by atoms with E-state index in [1.165, 1.54) is 31.0 Å². The maximum Gasteiger partial charge on any atom is 0.216 e. The summed E-state index contributed by atoms with van der Waals surface area (Å²) in [6.07, 6.45) is 11.9. The Morgan fingerprint density at radius 2 is 0.893 bits per heavy atom. The van der Waals surface area contributed by atoms with Crippen LogP contribution in [0, 0.1) is 17.5 Å². The van der Waals surface area contributed by atoms with Gasteiger partial charge in [0.1, 0.15) is 47.4 Å². The Kier molecular flexibility index (Phi) is 13.8. The van der Waals surface area contributed by atoms with Gasteiger partial charge in [-0.25, -0.2) is 43.1 Å². The van der Waals surface area contributed by atoms with Crippen molar-refractivity contribution in [2.75, 3.05) is 21.3 Å². The molecule has 6 heterocycles. The summed E-state index contributed by atoms with van der Waals surface area (Å²) in [5, 5.41) is 0. The highest BCUT2D eigenvalue weighted by molar-refractivity contribution is 9.10. The number of hydrogen-bond donors (Lipinski definition) is 1. The number of benzene rings is 6. The molecule has 384 valence electrons. The first-order valence-electron chi connectivity index (χ1n) is 23.8. The van der Waals surface area contributed by atoms with Gasteiger partial charge in [0.15, 0.2) is 4.73 Å². The highest BCUT2D eigenvalue weighted by Crippen LogP contribution is 2.43. The molecule has 12 aromatic rings. The predicted molar refractivity (Wildman–Crippen MR) is 290 cm³/mol. The number of rotatable bonds is 8. The molecule has 75 heavy (non-hydrogen) atoms. The molecule has 0 bridgehead atoms. The number of hydrogen-bond acceptors (Lipinski definition) is 9. The first-order chi connectivity index (χ1) is 35.6.